The third-order valence-electron chi connectivity index (χ3n) is 3.54. The molecule has 118 valence electrons. The molecule has 1 N–H and O–H groups in total. The zero-order valence-electron chi connectivity index (χ0n) is 12.5. The largest absolute Gasteiger partial charge is 0.465 e. The van der Waals surface area contributed by atoms with Crippen LogP contribution in [0, 0.1) is 0 Å². The number of amides is 2. The van der Waals surface area contributed by atoms with Gasteiger partial charge in [-0.15, -0.1) is 0 Å². The van der Waals surface area contributed by atoms with Crippen molar-refractivity contribution in [3.8, 4) is 0 Å². The summed E-state index contributed by atoms with van der Waals surface area (Å²) in [5.41, 5.74) is 0.951. The summed E-state index contributed by atoms with van der Waals surface area (Å²) in [6, 6.07) is 5.82. The molecule has 7 heteroatoms. The highest BCUT2D eigenvalue weighted by atomic mass is 16.5. The molecular weight excluding hydrogens is 288 g/mol. The van der Waals surface area contributed by atoms with Crippen LogP contribution < -0.4 is 5.32 Å². The van der Waals surface area contributed by atoms with E-state index in [4.69, 9.17) is 0 Å². The first-order valence-electron chi connectivity index (χ1n) is 6.90. The van der Waals surface area contributed by atoms with Gasteiger partial charge in [-0.05, 0) is 37.1 Å². The Hall–Kier alpha value is -2.57. The van der Waals surface area contributed by atoms with E-state index in [0.717, 1.165) is 6.42 Å². The molecule has 0 bridgehead atoms. The minimum atomic E-state index is -0.535. The fraction of sp³-hybridized carbons (Fsp3) is 0.400. The zero-order valence-corrected chi connectivity index (χ0v) is 12.5. The number of carbonyl (C=O) groups is 3. The molecule has 22 heavy (non-hydrogen) atoms. The van der Waals surface area contributed by atoms with E-state index in [2.05, 4.69) is 14.8 Å². The van der Waals surface area contributed by atoms with E-state index in [1.165, 1.54) is 19.1 Å². The van der Waals surface area contributed by atoms with E-state index in [1.807, 2.05) is 0 Å². The minimum Gasteiger partial charge on any atom is -0.465 e. The molecule has 0 radical (unpaired) electrons. The number of benzene rings is 1. The van der Waals surface area contributed by atoms with Crippen LogP contribution in [0.5, 0.6) is 0 Å². The van der Waals surface area contributed by atoms with Gasteiger partial charge in [0.25, 0.3) is 0 Å². The van der Waals surface area contributed by atoms with Crippen molar-refractivity contribution in [1.29, 1.82) is 0 Å². The molecule has 0 saturated carbocycles. The molecule has 1 aliphatic rings. The standard InChI is InChI=1S/C15H18N2O5/c1-21-14(19)10-5-7-11(8-6-10)16-13(18)12-4-3-9-17(12)15(20)22-2/h5-8,12H,3-4,9H2,1-2H3,(H,16,18). The number of nitrogens with zero attached hydrogens (tertiary/aromatic N) is 1. The summed E-state index contributed by atoms with van der Waals surface area (Å²) >= 11 is 0. The highest BCUT2D eigenvalue weighted by molar-refractivity contribution is 5.97. The maximum absolute atomic E-state index is 12.3. The van der Waals surface area contributed by atoms with Crippen molar-refractivity contribution in [3.63, 3.8) is 0 Å². The maximum Gasteiger partial charge on any atom is 0.410 e. The Bertz CT molecular complexity index is 570. The van der Waals surface area contributed by atoms with Crippen molar-refractivity contribution < 1.29 is 23.9 Å². The lowest BCUT2D eigenvalue weighted by Crippen LogP contribution is -2.43. The van der Waals surface area contributed by atoms with E-state index < -0.39 is 18.1 Å². The molecule has 1 unspecified atom stereocenters. The second-order valence-corrected chi connectivity index (χ2v) is 4.88. The SMILES string of the molecule is COC(=O)c1ccc(NC(=O)C2CCCN2C(=O)OC)cc1. The van der Waals surface area contributed by atoms with Gasteiger partial charge in [0.05, 0.1) is 19.8 Å². The summed E-state index contributed by atoms with van der Waals surface area (Å²) in [6.45, 7) is 0.506. The Kier molecular flexibility index (Phi) is 4.98. The Morgan fingerprint density at radius 1 is 1.14 bits per heavy atom. The van der Waals surface area contributed by atoms with E-state index >= 15 is 0 Å². The van der Waals surface area contributed by atoms with Crippen LogP contribution in [0.15, 0.2) is 24.3 Å². The molecule has 1 heterocycles. The van der Waals surface area contributed by atoms with Gasteiger partial charge in [0, 0.05) is 12.2 Å². The number of hydrogen-bond donors (Lipinski definition) is 1. The molecule has 0 spiro atoms. The third-order valence-corrected chi connectivity index (χ3v) is 3.54. The van der Waals surface area contributed by atoms with Crippen molar-refractivity contribution in [1.82, 2.24) is 4.90 Å². The molecule has 2 rings (SSSR count). The van der Waals surface area contributed by atoms with Gasteiger partial charge in [0.2, 0.25) is 5.91 Å². The molecule has 1 atom stereocenters. The van der Waals surface area contributed by atoms with Crippen molar-refractivity contribution >= 4 is 23.7 Å². The van der Waals surface area contributed by atoms with Crippen LogP contribution in [0.25, 0.3) is 0 Å². The lowest BCUT2D eigenvalue weighted by atomic mass is 10.2. The van der Waals surface area contributed by atoms with Crippen LogP contribution in [0.1, 0.15) is 23.2 Å². The summed E-state index contributed by atoms with van der Waals surface area (Å²) in [4.78, 5) is 36.6. The van der Waals surface area contributed by atoms with Crippen LogP contribution >= 0.6 is 0 Å². The first-order valence-corrected chi connectivity index (χ1v) is 6.90. The smallest absolute Gasteiger partial charge is 0.410 e. The number of likely N-dealkylation sites (tertiary alicyclic amines) is 1. The summed E-state index contributed by atoms with van der Waals surface area (Å²) in [6.07, 6.45) is 0.856. The number of esters is 1. The average molecular weight is 306 g/mol. The molecule has 1 aromatic carbocycles. The Morgan fingerprint density at radius 2 is 1.82 bits per heavy atom. The Labute approximate surface area is 128 Å². The summed E-state index contributed by atoms with van der Waals surface area (Å²) < 4.78 is 9.28. The number of rotatable bonds is 3. The predicted octanol–water partition coefficient (Wildman–Crippen LogP) is 1.64. The predicted molar refractivity (Wildman–Crippen MR) is 78.5 cm³/mol. The number of hydrogen-bond acceptors (Lipinski definition) is 5. The first-order chi connectivity index (χ1) is 10.6. The van der Waals surface area contributed by atoms with Gasteiger partial charge in [0.15, 0.2) is 0 Å². The van der Waals surface area contributed by atoms with Gasteiger partial charge in [-0.1, -0.05) is 0 Å². The number of carbonyl (C=O) groups excluding carboxylic acids is 3. The number of anilines is 1. The zero-order chi connectivity index (χ0) is 16.1. The molecule has 1 fully saturated rings. The quantitative estimate of drug-likeness (QED) is 0.858. The van der Waals surface area contributed by atoms with Crippen molar-refractivity contribution in [2.75, 3.05) is 26.1 Å². The Balaban J connectivity index is 2.02. The third kappa shape index (κ3) is 3.36. The molecule has 1 aliphatic heterocycles. The maximum atomic E-state index is 12.3. The molecule has 1 aromatic rings. The monoisotopic (exact) mass is 306 g/mol. The Morgan fingerprint density at radius 3 is 2.41 bits per heavy atom. The van der Waals surface area contributed by atoms with Gasteiger partial charge in [-0.25, -0.2) is 9.59 Å². The van der Waals surface area contributed by atoms with Gasteiger partial charge in [-0.2, -0.15) is 0 Å². The fourth-order valence-electron chi connectivity index (χ4n) is 2.41. The molecule has 0 aromatic heterocycles. The second-order valence-electron chi connectivity index (χ2n) is 4.88. The number of ether oxygens (including phenoxy) is 2. The average Bonchev–Trinajstić information content (AvgIpc) is 3.03. The van der Waals surface area contributed by atoms with Crippen LogP contribution in [0.2, 0.25) is 0 Å². The van der Waals surface area contributed by atoms with Crippen LogP contribution in [-0.2, 0) is 14.3 Å². The summed E-state index contributed by atoms with van der Waals surface area (Å²) in [5, 5.41) is 2.74. The van der Waals surface area contributed by atoms with Crippen molar-refractivity contribution in [3.05, 3.63) is 29.8 Å². The lowest BCUT2D eigenvalue weighted by Gasteiger charge is -2.22. The summed E-state index contributed by atoms with van der Waals surface area (Å²) in [7, 11) is 2.60. The van der Waals surface area contributed by atoms with Crippen molar-refractivity contribution in [2.24, 2.45) is 0 Å². The molecule has 2 amide bonds. The fourth-order valence-corrected chi connectivity index (χ4v) is 2.41. The second kappa shape index (κ2) is 6.93. The van der Waals surface area contributed by atoms with Gasteiger partial charge in [0.1, 0.15) is 6.04 Å². The van der Waals surface area contributed by atoms with Gasteiger partial charge < -0.3 is 14.8 Å². The normalized spacial score (nSPS) is 17.0. The van der Waals surface area contributed by atoms with Crippen LogP contribution in [-0.4, -0.2) is 49.7 Å². The molecular formula is C15H18N2O5. The van der Waals surface area contributed by atoms with Gasteiger partial charge >= 0.3 is 12.1 Å². The molecule has 0 aliphatic carbocycles. The van der Waals surface area contributed by atoms with Gasteiger partial charge in [-0.3, -0.25) is 9.69 Å². The van der Waals surface area contributed by atoms with E-state index in [-0.39, 0.29) is 5.91 Å². The highest BCUT2D eigenvalue weighted by Crippen LogP contribution is 2.20. The topological polar surface area (TPSA) is 84.9 Å². The minimum absolute atomic E-state index is 0.270. The first kappa shape index (κ1) is 15.8. The van der Waals surface area contributed by atoms with Crippen LogP contribution in [0.4, 0.5) is 10.5 Å². The number of nitrogens with one attached hydrogen (secondary N) is 1. The van der Waals surface area contributed by atoms with Crippen LogP contribution in [0.3, 0.4) is 0 Å². The lowest BCUT2D eigenvalue weighted by molar-refractivity contribution is -0.119. The molecule has 7 nitrogen and oxygen atoms in total. The number of methoxy groups -OCH3 is 2. The van der Waals surface area contributed by atoms with E-state index in [9.17, 15) is 14.4 Å². The van der Waals surface area contributed by atoms with E-state index in [1.54, 1.807) is 24.3 Å². The summed E-state index contributed by atoms with van der Waals surface area (Å²) in [5.74, 6) is -0.709. The van der Waals surface area contributed by atoms with Crippen molar-refractivity contribution in [2.45, 2.75) is 18.9 Å². The van der Waals surface area contributed by atoms with E-state index in [0.29, 0.717) is 24.2 Å². The highest BCUT2D eigenvalue weighted by Gasteiger charge is 2.34. The molecule has 1 saturated heterocycles.